The molecule has 1 aromatic carbocycles. The Morgan fingerprint density at radius 2 is 1.90 bits per heavy atom. The fourth-order valence-electron chi connectivity index (χ4n) is 3.41. The summed E-state index contributed by atoms with van der Waals surface area (Å²) in [6.07, 6.45) is 4.88. The molecule has 0 aliphatic carbocycles. The van der Waals surface area contributed by atoms with Crippen LogP contribution in [0.3, 0.4) is 0 Å². The maximum atomic E-state index is 3.74. The highest BCUT2D eigenvalue weighted by Crippen LogP contribution is 2.24. The fourth-order valence-corrected chi connectivity index (χ4v) is 3.41. The van der Waals surface area contributed by atoms with Crippen LogP contribution in [0, 0.1) is 5.92 Å². The molecule has 2 atom stereocenters. The van der Waals surface area contributed by atoms with Gasteiger partial charge in [0.05, 0.1) is 0 Å². The lowest BCUT2D eigenvalue weighted by Crippen LogP contribution is -2.56. The van der Waals surface area contributed by atoms with Crippen molar-refractivity contribution in [3.05, 3.63) is 29.8 Å². The maximum absolute atomic E-state index is 3.74. The van der Waals surface area contributed by atoms with Crippen LogP contribution in [-0.2, 0) is 6.42 Å². The van der Waals surface area contributed by atoms with E-state index in [-0.39, 0.29) is 0 Å². The lowest BCUT2D eigenvalue weighted by atomic mass is 9.98. The number of hydrogen-bond acceptors (Lipinski definition) is 2. The average molecular weight is 288 g/mol. The summed E-state index contributed by atoms with van der Waals surface area (Å²) in [5, 5.41) is 3.74. The van der Waals surface area contributed by atoms with E-state index < -0.39 is 0 Å². The van der Waals surface area contributed by atoms with Crippen molar-refractivity contribution >= 4 is 5.69 Å². The SMILES string of the molecule is CCCc1ccc(N2CC(CC(C)C)NCC2CC)cc1. The molecule has 2 unspecified atom stereocenters. The highest BCUT2D eigenvalue weighted by molar-refractivity contribution is 5.49. The maximum Gasteiger partial charge on any atom is 0.0412 e. The molecular weight excluding hydrogens is 256 g/mol. The van der Waals surface area contributed by atoms with Crippen molar-refractivity contribution in [3.8, 4) is 0 Å². The lowest BCUT2D eigenvalue weighted by Gasteiger charge is -2.42. The zero-order valence-electron chi connectivity index (χ0n) is 14.2. The van der Waals surface area contributed by atoms with E-state index in [9.17, 15) is 0 Å². The predicted molar refractivity (Wildman–Crippen MR) is 93.1 cm³/mol. The Morgan fingerprint density at radius 3 is 2.48 bits per heavy atom. The van der Waals surface area contributed by atoms with Gasteiger partial charge in [0.15, 0.2) is 0 Å². The van der Waals surface area contributed by atoms with Crippen molar-refractivity contribution in [2.45, 2.75) is 65.5 Å². The third kappa shape index (κ3) is 4.47. The number of anilines is 1. The minimum absolute atomic E-state index is 0.628. The molecule has 1 aromatic rings. The molecular formula is C19H32N2. The fraction of sp³-hybridized carbons (Fsp3) is 0.684. The lowest BCUT2D eigenvalue weighted by molar-refractivity contribution is 0.343. The molecule has 0 radical (unpaired) electrons. The van der Waals surface area contributed by atoms with E-state index in [1.165, 1.54) is 36.9 Å². The van der Waals surface area contributed by atoms with Gasteiger partial charge < -0.3 is 10.2 Å². The Morgan fingerprint density at radius 1 is 1.19 bits per heavy atom. The second kappa shape index (κ2) is 7.84. The molecule has 0 amide bonds. The van der Waals surface area contributed by atoms with Gasteiger partial charge in [-0.1, -0.05) is 46.2 Å². The molecule has 21 heavy (non-hydrogen) atoms. The Hall–Kier alpha value is -1.02. The van der Waals surface area contributed by atoms with E-state index in [2.05, 4.69) is 62.2 Å². The highest BCUT2D eigenvalue weighted by atomic mass is 15.2. The van der Waals surface area contributed by atoms with Gasteiger partial charge in [-0.2, -0.15) is 0 Å². The molecule has 1 N–H and O–H groups in total. The van der Waals surface area contributed by atoms with Gasteiger partial charge in [0.2, 0.25) is 0 Å². The van der Waals surface area contributed by atoms with Gasteiger partial charge in [0, 0.05) is 30.9 Å². The molecule has 0 spiro atoms. The summed E-state index contributed by atoms with van der Waals surface area (Å²) < 4.78 is 0. The Kier molecular flexibility index (Phi) is 6.10. The topological polar surface area (TPSA) is 15.3 Å². The van der Waals surface area contributed by atoms with Crippen LogP contribution in [0.25, 0.3) is 0 Å². The molecule has 1 saturated heterocycles. The first kappa shape index (κ1) is 16.4. The third-order valence-corrected chi connectivity index (χ3v) is 4.53. The summed E-state index contributed by atoms with van der Waals surface area (Å²) in [4.78, 5) is 2.62. The number of piperazine rings is 1. The van der Waals surface area contributed by atoms with Gasteiger partial charge in [-0.25, -0.2) is 0 Å². The first-order valence-electron chi connectivity index (χ1n) is 8.73. The molecule has 0 aromatic heterocycles. The molecule has 118 valence electrons. The van der Waals surface area contributed by atoms with Crippen molar-refractivity contribution in [3.63, 3.8) is 0 Å². The molecule has 1 heterocycles. The molecule has 1 aliphatic heterocycles. The summed E-state index contributed by atoms with van der Waals surface area (Å²) in [6.45, 7) is 11.4. The second-order valence-electron chi connectivity index (χ2n) is 6.87. The second-order valence-corrected chi connectivity index (χ2v) is 6.87. The van der Waals surface area contributed by atoms with Crippen LogP contribution in [0.5, 0.6) is 0 Å². The number of nitrogens with one attached hydrogen (secondary N) is 1. The monoisotopic (exact) mass is 288 g/mol. The van der Waals surface area contributed by atoms with Gasteiger partial charge in [-0.05, 0) is 42.9 Å². The van der Waals surface area contributed by atoms with Crippen molar-refractivity contribution < 1.29 is 0 Å². The Labute approximate surface area is 130 Å². The molecule has 2 heteroatoms. The van der Waals surface area contributed by atoms with E-state index in [0.29, 0.717) is 12.1 Å². The summed E-state index contributed by atoms with van der Waals surface area (Å²) >= 11 is 0. The number of rotatable bonds is 6. The normalized spacial score (nSPS) is 22.8. The van der Waals surface area contributed by atoms with Crippen LogP contribution in [0.4, 0.5) is 5.69 Å². The number of nitrogens with zero attached hydrogens (tertiary/aromatic N) is 1. The van der Waals surface area contributed by atoms with Gasteiger partial charge in [-0.15, -0.1) is 0 Å². The van der Waals surface area contributed by atoms with E-state index in [0.717, 1.165) is 19.0 Å². The van der Waals surface area contributed by atoms with Gasteiger partial charge in [-0.3, -0.25) is 0 Å². The summed E-state index contributed by atoms with van der Waals surface area (Å²) in [6, 6.07) is 10.5. The average Bonchev–Trinajstić information content (AvgIpc) is 2.48. The van der Waals surface area contributed by atoms with E-state index in [4.69, 9.17) is 0 Å². The first-order chi connectivity index (χ1) is 10.1. The summed E-state index contributed by atoms with van der Waals surface area (Å²) in [5.74, 6) is 0.759. The minimum atomic E-state index is 0.628. The van der Waals surface area contributed by atoms with Crippen LogP contribution in [0.1, 0.15) is 52.5 Å². The van der Waals surface area contributed by atoms with Crippen molar-refractivity contribution in [2.75, 3.05) is 18.0 Å². The molecule has 0 saturated carbocycles. The quantitative estimate of drug-likeness (QED) is 0.842. The van der Waals surface area contributed by atoms with Crippen LogP contribution < -0.4 is 10.2 Å². The number of benzene rings is 1. The molecule has 1 fully saturated rings. The van der Waals surface area contributed by atoms with Gasteiger partial charge in [0.1, 0.15) is 0 Å². The van der Waals surface area contributed by atoms with Crippen LogP contribution >= 0.6 is 0 Å². The van der Waals surface area contributed by atoms with Crippen molar-refractivity contribution in [2.24, 2.45) is 5.92 Å². The largest absolute Gasteiger partial charge is 0.366 e. The Bertz CT molecular complexity index is 410. The highest BCUT2D eigenvalue weighted by Gasteiger charge is 2.27. The van der Waals surface area contributed by atoms with Crippen molar-refractivity contribution in [1.29, 1.82) is 0 Å². The van der Waals surface area contributed by atoms with E-state index in [1.54, 1.807) is 0 Å². The standard InChI is InChI=1S/C19H32N2/c1-5-7-16-8-10-19(11-9-16)21-14-17(12-15(3)4)20-13-18(21)6-2/h8-11,15,17-18,20H,5-7,12-14H2,1-4H3. The molecule has 0 bridgehead atoms. The minimum Gasteiger partial charge on any atom is -0.366 e. The summed E-state index contributed by atoms with van der Waals surface area (Å²) in [7, 11) is 0. The van der Waals surface area contributed by atoms with Crippen LogP contribution in [0.15, 0.2) is 24.3 Å². The number of hydrogen-bond donors (Lipinski definition) is 1. The third-order valence-electron chi connectivity index (χ3n) is 4.53. The zero-order valence-corrected chi connectivity index (χ0v) is 14.2. The van der Waals surface area contributed by atoms with Gasteiger partial charge in [0.25, 0.3) is 0 Å². The first-order valence-corrected chi connectivity index (χ1v) is 8.73. The predicted octanol–water partition coefficient (Wildman–Crippen LogP) is 4.24. The molecule has 2 nitrogen and oxygen atoms in total. The molecule has 1 aliphatic rings. The Balaban J connectivity index is 2.08. The zero-order chi connectivity index (χ0) is 15.2. The van der Waals surface area contributed by atoms with E-state index in [1.807, 2.05) is 0 Å². The van der Waals surface area contributed by atoms with Gasteiger partial charge >= 0.3 is 0 Å². The molecule has 2 rings (SSSR count). The van der Waals surface area contributed by atoms with E-state index >= 15 is 0 Å². The smallest absolute Gasteiger partial charge is 0.0412 e. The number of aryl methyl sites for hydroxylation is 1. The van der Waals surface area contributed by atoms with Crippen molar-refractivity contribution in [1.82, 2.24) is 5.32 Å². The summed E-state index contributed by atoms with van der Waals surface area (Å²) in [5.41, 5.74) is 2.86. The van der Waals surface area contributed by atoms with Crippen LogP contribution in [-0.4, -0.2) is 25.2 Å². The van der Waals surface area contributed by atoms with Crippen LogP contribution in [0.2, 0.25) is 0 Å².